The maximum Gasteiger partial charge on any atom is 0.258 e. The maximum absolute atomic E-state index is 13.0. The number of ether oxygens (including phenoxy) is 1. The Labute approximate surface area is 163 Å². The number of rotatable bonds is 5. The van der Waals surface area contributed by atoms with Crippen LogP contribution in [0.4, 0.5) is 0 Å². The predicted octanol–water partition coefficient (Wildman–Crippen LogP) is 1.63. The van der Waals surface area contributed by atoms with Gasteiger partial charge >= 0.3 is 0 Å². The van der Waals surface area contributed by atoms with Gasteiger partial charge in [-0.15, -0.1) is 11.3 Å². The molecule has 0 aliphatic carbocycles. The molecule has 0 spiro atoms. The number of carbonyl (C=O) groups excluding carboxylic acids is 3. The number of nitrogens with zero attached hydrogens (tertiary/aromatic N) is 2. The average molecular weight is 394 g/mol. The van der Waals surface area contributed by atoms with E-state index in [-0.39, 0.29) is 42.5 Å². The fourth-order valence-electron chi connectivity index (χ4n) is 3.95. The van der Waals surface area contributed by atoms with E-state index in [1.165, 1.54) is 18.3 Å². The van der Waals surface area contributed by atoms with Crippen LogP contribution in [0.1, 0.15) is 39.5 Å². The molecule has 3 amide bonds. The number of piperidine rings is 1. The Bertz CT molecular complexity index is 679. The minimum absolute atomic E-state index is 0.00340. The van der Waals surface area contributed by atoms with Crippen molar-refractivity contribution in [1.82, 2.24) is 15.1 Å². The molecule has 2 aliphatic heterocycles. The number of thiophene rings is 1. The molecule has 148 valence electrons. The highest BCUT2D eigenvalue weighted by molar-refractivity contribution is 7.08. The van der Waals surface area contributed by atoms with Crippen LogP contribution < -0.4 is 10.1 Å². The van der Waals surface area contributed by atoms with Gasteiger partial charge in [0.05, 0.1) is 0 Å². The summed E-state index contributed by atoms with van der Waals surface area (Å²) in [5.74, 6) is 0.461. The molecule has 3 atom stereocenters. The van der Waals surface area contributed by atoms with E-state index in [4.69, 9.17) is 4.74 Å². The van der Waals surface area contributed by atoms with Crippen LogP contribution in [0, 0.1) is 0 Å². The minimum atomic E-state index is -0.366. The first kappa shape index (κ1) is 19.7. The normalized spacial score (nSPS) is 25.3. The van der Waals surface area contributed by atoms with Crippen molar-refractivity contribution in [3.63, 3.8) is 0 Å². The number of amides is 3. The van der Waals surface area contributed by atoms with E-state index < -0.39 is 0 Å². The van der Waals surface area contributed by atoms with Gasteiger partial charge in [0, 0.05) is 37.5 Å². The van der Waals surface area contributed by atoms with Crippen LogP contribution in [-0.4, -0.2) is 65.3 Å². The third-order valence-corrected chi connectivity index (χ3v) is 5.94. The Hall–Kier alpha value is -2.09. The Morgan fingerprint density at radius 1 is 1.30 bits per heavy atom. The molecule has 3 unspecified atom stereocenters. The molecule has 1 aromatic heterocycles. The fourth-order valence-corrected chi connectivity index (χ4v) is 4.52. The quantitative estimate of drug-likeness (QED) is 0.825. The summed E-state index contributed by atoms with van der Waals surface area (Å²) in [5.41, 5.74) is 0. The Balaban J connectivity index is 1.53. The summed E-state index contributed by atoms with van der Waals surface area (Å²) in [5, 5.41) is 6.70. The van der Waals surface area contributed by atoms with E-state index in [2.05, 4.69) is 5.32 Å². The first-order valence-corrected chi connectivity index (χ1v) is 10.4. The van der Waals surface area contributed by atoms with Gasteiger partial charge in [-0.25, -0.2) is 0 Å². The lowest BCUT2D eigenvalue weighted by molar-refractivity contribution is -0.147. The first-order chi connectivity index (χ1) is 13.0. The summed E-state index contributed by atoms with van der Waals surface area (Å²) < 4.78 is 5.43. The molecule has 27 heavy (non-hydrogen) atoms. The molecule has 1 N–H and O–H groups in total. The van der Waals surface area contributed by atoms with E-state index in [0.717, 1.165) is 12.8 Å². The number of hydrogen-bond acceptors (Lipinski definition) is 5. The van der Waals surface area contributed by atoms with Crippen LogP contribution >= 0.6 is 11.3 Å². The van der Waals surface area contributed by atoms with Gasteiger partial charge in [-0.1, -0.05) is 0 Å². The fraction of sp³-hybridized carbons (Fsp3) is 0.632. The summed E-state index contributed by atoms with van der Waals surface area (Å²) >= 11 is 1.51. The van der Waals surface area contributed by atoms with Crippen LogP contribution in [0.25, 0.3) is 0 Å². The Morgan fingerprint density at radius 2 is 2.11 bits per heavy atom. The third kappa shape index (κ3) is 4.80. The summed E-state index contributed by atoms with van der Waals surface area (Å²) in [4.78, 5) is 40.5. The van der Waals surface area contributed by atoms with Gasteiger partial charge in [0.2, 0.25) is 11.8 Å². The van der Waals surface area contributed by atoms with Crippen LogP contribution in [0.5, 0.6) is 5.75 Å². The lowest BCUT2D eigenvalue weighted by Crippen LogP contribution is -2.53. The highest BCUT2D eigenvalue weighted by atomic mass is 32.1. The lowest BCUT2D eigenvalue weighted by Gasteiger charge is -2.37. The van der Waals surface area contributed by atoms with Crippen molar-refractivity contribution in [1.29, 1.82) is 0 Å². The van der Waals surface area contributed by atoms with Crippen molar-refractivity contribution in [2.24, 2.45) is 0 Å². The van der Waals surface area contributed by atoms with E-state index in [1.54, 1.807) is 4.90 Å². The van der Waals surface area contributed by atoms with E-state index in [9.17, 15) is 14.4 Å². The first-order valence-electron chi connectivity index (χ1n) is 9.47. The lowest BCUT2D eigenvalue weighted by atomic mass is 10.0. The van der Waals surface area contributed by atoms with Crippen molar-refractivity contribution in [2.75, 3.05) is 19.7 Å². The van der Waals surface area contributed by atoms with Crippen molar-refractivity contribution in [3.8, 4) is 5.75 Å². The zero-order valence-electron chi connectivity index (χ0n) is 15.8. The Kier molecular flexibility index (Phi) is 6.36. The number of hydrogen-bond donors (Lipinski definition) is 1. The monoisotopic (exact) mass is 393 g/mol. The largest absolute Gasteiger partial charge is 0.483 e. The second kappa shape index (κ2) is 8.73. The summed E-state index contributed by atoms with van der Waals surface area (Å²) in [6.07, 6.45) is 3.33. The van der Waals surface area contributed by atoms with Crippen LogP contribution in [-0.2, 0) is 14.4 Å². The SMILES string of the molecule is CC(=O)N1CCCCC1C(=O)N1CC(NC(=O)COc2ccsc2)CC1C. The minimum Gasteiger partial charge on any atom is -0.483 e. The molecule has 2 saturated heterocycles. The summed E-state index contributed by atoms with van der Waals surface area (Å²) in [6.45, 7) is 4.61. The van der Waals surface area contributed by atoms with E-state index in [0.29, 0.717) is 31.7 Å². The second-order valence-corrected chi connectivity index (χ2v) is 8.09. The molecule has 0 saturated carbocycles. The zero-order valence-corrected chi connectivity index (χ0v) is 16.7. The molecular formula is C19H27N3O4S. The maximum atomic E-state index is 13.0. The van der Waals surface area contributed by atoms with Gasteiger partial charge in [0.25, 0.3) is 5.91 Å². The van der Waals surface area contributed by atoms with Crippen molar-refractivity contribution < 1.29 is 19.1 Å². The van der Waals surface area contributed by atoms with Gasteiger partial charge in [-0.2, -0.15) is 0 Å². The molecule has 8 heteroatoms. The molecule has 3 heterocycles. The molecule has 0 aromatic carbocycles. The highest BCUT2D eigenvalue weighted by Gasteiger charge is 2.39. The highest BCUT2D eigenvalue weighted by Crippen LogP contribution is 2.24. The number of likely N-dealkylation sites (tertiary alicyclic amines) is 2. The van der Waals surface area contributed by atoms with Crippen molar-refractivity contribution in [3.05, 3.63) is 16.8 Å². The molecule has 7 nitrogen and oxygen atoms in total. The Morgan fingerprint density at radius 3 is 2.81 bits per heavy atom. The van der Waals surface area contributed by atoms with Gasteiger partial charge in [0.1, 0.15) is 11.8 Å². The van der Waals surface area contributed by atoms with Gasteiger partial charge < -0.3 is 19.9 Å². The molecule has 2 aliphatic rings. The standard InChI is InChI=1S/C19H27N3O4S/c1-13-9-15(20-18(24)11-26-16-6-8-27-12-16)10-22(13)19(25)17-5-3-4-7-21(17)14(2)23/h6,8,12-13,15,17H,3-5,7,9-11H2,1-2H3,(H,20,24). The van der Waals surface area contributed by atoms with E-state index >= 15 is 0 Å². The molecule has 0 radical (unpaired) electrons. The second-order valence-electron chi connectivity index (χ2n) is 7.31. The predicted molar refractivity (Wildman–Crippen MR) is 103 cm³/mol. The van der Waals surface area contributed by atoms with Gasteiger partial charge in [0.15, 0.2) is 6.61 Å². The summed E-state index contributed by atoms with van der Waals surface area (Å²) in [7, 11) is 0. The molecule has 0 bridgehead atoms. The van der Waals surface area contributed by atoms with E-state index in [1.807, 2.05) is 28.7 Å². The van der Waals surface area contributed by atoms with Crippen molar-refractivity contribution >= 4 is 29.1 Å². The summed E-state index contributed by atoms with van der Waals surface area (Å²) in [6, 6.07) is 1.41. The average Bonchev–Trinajstić information content (AvgIpc) is 3.29. The van der Waals surface area contributed by atoms with Gasteiger partial charge in [-0.05, 0) is 44.1 Å². The van der Waals surface area contributed by atoms with Crippen molar-refractivity contribution in [2.45, 2.75) is 57.7 Å². The van der Waals surface area contributed by atoms with Gasteiger partial charge in [-0.3, -0.25) is 14.4 Å². The topological polar surface area (TPSA) is 79.0 Å². The number of carbonyl (C=O) groups is 3. The molecule has 2 fully saturated rings. The van der Waals surface area contributed by atoms with Crippen LogP contribution in [0.15, 0.2) is 16.8 Å². The number of nitrogens with one attached hydrogen (secondary N) is 1. The molecule has 1 aromatic rings. The molecule has 3 rings (SSSR count). The van der Waals surface area contributed by atoms with Crippen LogP contribution in [0.3, 0.4) is 0 Å². The van der Waals surface area contributed by atoms with Crippen LogP contribution in [0.2, 0.25) is 0 Å². The zero-order chi connectivity index (χ0) is 19.4. The third-order valence-electron chi connectivity index (χ3n) is 5.28. The molecular weight excluding hydrogens is 366 g/mol. The smallest absolute Gasteiger partial charge is 0.258 e.